The number of rotatable bonds is 14. The van der Waals surface area contributed by atoms with Gasteiger partial charge in [-0.2, -0.15) is 4.98 Å². The number of carbonyl (C=O) groups excluding carboxylic acids is 1. The summed E-state index contributed by atoms with van der Waals surface area (Å²) in [5, 5.41) is 13.8. The third kappa shape index (κ3) is 7.13. The highest BCUT2D eigenvalue weighted by molar-refractivity contribution is 6.36. The van der Waals surface area contributed by atoms with Crippen molar-refractivity contribution < 1.29 is 28.9 Å². The number of aryl methyl sites for hydroxylation is 3. The molecule has 7 rings (SSSR count). The lowest BCUT2D eigenvalue weighted by Crippen LogP contribution is -2.22. The number of hydrogen-bond acceptors (Lipinski definition) is 8. The molecule has 9 nitrogen and oxygen atoms in total. The summed E-state index contributed by atoms with van der Waals surface area (Å²) in [4.78, 5) is 33.1. The molecule has 2 aromatic carbocycles. The molecule has 2 N–H and O–H groups in total. The Morgan fingerprint density at radius 1 is 0.942 bits per heavy atom. The summed E-state index contributed by atoms with van der Waals surface area (Å²) in [6.45, 7) is 5.44. The number of aromatic nitrogens is 2. The van der Waals surface area contributed by atoms with Gasteiger partial charge >= 0.3 is 5.97 Å². The third-order valence-corrected chi connectivity index (χ3v) is 11.6. The van der Waals surface area contributed by atoms with Gasteiger partial charge in [0.2, 0.25) is 17.6 Å². The second-order valence-corrected chi connectivity index (χ2v) is 15.0. The molecule has 2 atom stereocenters. The fraction of sp³-hybridized carbons (Fsp3) is 0.429. The third-order valence-electron chi connectivity index (χ3n) is 11.2. The van der Waals surface area contributed by atoms with Gasteiger partial charge in [0.05, 0.1) is 30.4 Å². The highest BCUT2D eigenvalue weighted by Gasteiger charge is 2.49. The van der Waals surface area contributed by atoms with Crippen LogP contribution in [0.5, 0.6) is 17.6 Å². The lowest BCUT2D eigenvalue weighted by atomic mass is 9.94. The Balaban J connectivity index is 1.11. The van der Waals surface area contributed by atoms with Gasteiger partial charge in [0, 0.05) is 47.2 Å². The fourth-order valence-corrected chi connectivity index (χ4v) is 8.25. The van der Waals surface area contributed by atoms with E-state index in [0.717, 1.165) is 88.9 Å². The van der Waals surface area contributed by atoms with Crippen LogP contribution in [0.25, 0.3) is 22.4 Å². The van der Waals surface area contributed by atoms with Gasteiger partial charge in [0.25, 0.3) is 0 Å². The minimum atomic E-state index is -0.719. The molecule has 2 fully saturated rings. The number of aliphatic carboxylic acids is 1. The van der Waals surface area contributed by atoms with E-state index in [0.29, 0.717) is 66.6 Å². The minimum absolute atomic E-state index is 0.190. The Labute approximate surface area is 310 Å². The van der Waals surface area contributed by atoms with Crippen molar-refractivity contribution in [3.05, 3.63) is 86.9 Å². The summed E-state index contributed by atoms with van der Waals surface area (Å²) in [5.41, 5.74) is 9.11. The number of ether oxygens (including phenoxy) is 3. The van der Waals surface area contributed by atoms with Crippen molar-refractivity contribution in [3.63, 3.8) is 0 Å². The fourth-order valence-electron chi connectivity index (χ4n) is 7.93. The standard InChI is InChI=1S/C42H46ClN3O6/c1-24-20-35(45-40(51-4)34(24)23-44-22-26-11-12-28(47)21-26)33-10-6-9-32(37(33)43)29-7-5-8-31-30(29)13-14-36(31)52-38-25(2)19-27(39(46-38)50-3)15-16-42(17-18-42)41(48)49/h5-10,19-20,26,36,44H,11-18,21-23H2,1-4H3,(H,48,49)/t26-,36+/m1/s1. The highest BCUT2D eigenvalue weighted by Crippen LogP contribution is 2.50. The topological polar surface area (TPSA) is 120 Å². The second kappa shape index (κ2) is 14.9. The zero-order chi connectivity index (χ0) is 36.6. The van der Waals surface area contributed by atoms with Gasteiger partial charge in [-0.05, 0) is 106 Å². The van der Waals surface area contributed by atoms with Crippen LogP contribution in [-0.4, -0.2) is 47.6 Å². The van der Waals surface area contributed by atoms with Crippen LogP contribution in [0.1, 0.15) is 84.4 Å². The quantitative estimate of drug-likeness (QED) is 0.132. The summed E-state index contributed by atoms with van der Waals surface area (Å²) in [5.74, 6) is 1.59. The molecule has 3 aliphatic carbocycles. The second-order valence-electron chi connectivity index (χ2n) is 14.6. The number of hydrogen-bond donors (Lipinski definition) is 2. The smallest absolute Gasteiger partial charge is 0.309 e. The summed E-state index contributed by atoms with van der Waals surface area (Å²) in [6.07, 6.45) is 6.32. The summed E-state index contributed by atoms with van der Waals surface area (Å²) >= 11 is 7.24. The summed E-state index contributed by atoms with van der Waals surface area (Å²) < 4.78 is 18.0. The van der Waals surface area contributed by atoms with E-state index < -0.39 is 11.4 Å². The van der Waals surface area contributed by atoms with E-state index in [1.54, 1.807) is 14.2 Å². The lowest BCUT2D eigenvalue weighted by molar-refractivity contribution is -0.143. The zero-order valence-electron chi connectivity index (χ0n) is 30.3. The number of nitrogens with zero attached hydrogens (tertiary/aromatic N) is 2. The van der Waals surface area contributed by atoms with Crippen LogP contribution in [-0.2, 0) is 29.0 Å². The Morgan fingerprint density at radius 2 is 1.69 bits per heavy atom. The lowest BCUT2D eigenvalue weighted by Gasteiger charge is -2.19. The summed E-state index contributed by atoms with van der Waals surface area (Å²) in [7, 11) is 3.23. The summed E-state index contributed by atoms with van der Waals surface area (Å²) in [6, 6.07) is 16.4. The first-order valence-electron chi connectivity index (χ1n) is 18.2. The number of fused-ring (bicyclic) bond motifs is 1. The molecule has 0 unspecified atom stereocenters. The van der Waals surface area contributed by atoms with Crippen LogP contribution in [0.3, 0.4) is 0 Å². The molecule has 0 radical (unpaired) electrons. The van der Waals surface area contributed by atoms with Crippen molar-refractivity contribution in [2.24, 2.45) is 11.3 Å². The maximum atomic E-state index is 11.7. The van der Waals surface area contributed by atoms with Gasteiger partial charge in [-0.3, -0.25) is 9.59 Å². The minimum Gasteiger partial charge on any atom is -0.481 e. The number of carboxylic acids is 1. The van der Waals surface area contributed by atoms with E-state index in [4.69, 9.17) is 35.8 Å². The van der Waals surface area contributed by atoms with Crippen molar-refractivity contribution in [3.8, 4) is 40.0 Å². The first-order valence-corrected chi connectivity index (χ1v) is 18.6. The number of halogens is 1. The molecule has 2 saturated carbocycles. The molecule has 272 valence electrons. The number of carboxylic acid groups (broad SMARTS) is 1. The van der Waals surface area contributed by atoms with Gasteiger partial charge in [-0.15, -0.1) is 0 Å². The first-order chi connectivity index (χ1) is 25.1. The van der Waals surface area contributed by atoms with Crippen molar-refractivity contribution in [2.75, 3.05) is 20.8 Å². The Hall–Kier alpha value is -4.47. The average Bonchev–Trinajstić information content (AvgIpc) is 3.66. The van der Waals surface area contributed by atoms with E-state index in [-0.39, 0.29) is 6.10 Å². The molecule has 0 amide bonds. The van der Waals surface area contributed by atoms with E-state index in [9.17, 15) is 14.7 Å². The predicted molar refractivity (Wildman–Crippen MR) is 200 cm³/mol. The Kier molecular flexibility index (Phi) is 10.3. The molecule has 52 heavy (non-hydrogen) atoms. The van der Waals surface area contributed by atoms with Crippen LogP contribution in [0.4, 0.5) is 0 Å². The van der Waals surface area contributed by atoms with Crippen LogP contribution in [0, 0.1) is 25.2 Å². The molecule has 0 bridgehead atoms. The maximum absolute atomic E-state index is 11.7. The van der Waals surface area contributed by atoms with Crippen LogP contribution in [0.15, 0.2) is 48.5 Å². The number of ketones is 1. The molecular weight excluding hydrogens is 678 g/mol. The van der Waals surface area contributed by atoms with Crippen molar-refractivity contribution in [1.29, 1.82) is 0 Å². The normalized spacial score (nSPS) is 18.7. The molecule has 3 aliphatic rings. The van der Waals surface area contributed by atoms with Gasteiger partial charge < -0.3 is 24.6 Å². The van der Waals surface area contributed by atoms with Gasteiger partial charge in [0.1, 0.15) is 11.9 Å². The zero-order valence-corrected chi connectivity index (χ0v) is 31.1. The van der Waals surface area contributed by atoms with Gasteiger partial charge in [0.15, 0.2) is 0 Å². The number of Topliss-reactive ketones (excluding diaryl/α,β-unsaturated/α-hetero) is 1. The molecule has 2 aromatic heterocycles. The SMILES string of the molecule is COc1nc(O[C@H]2CCc3c(-c4cccc(-c5cc(C)c(CNC[C@@H]6CCC(=O)C6)c(OC)n5)c4Cl)cccc32)c(C)cc1CCC1(C(=O)O)CC1. The van der Waals surface area contributed by atoms with E-state index in [1.165, 1.54) is 5.56 Å². The Bertz CT molecular complexity index is 2030. The first kappa shape index (κ1) is 35.9. The van der Waals surface area contributed by atoms with Crippen LogP contribution < -0.4 is 19.5 Å². The average molecular weight is 724 g/mol. The molecule has 10 heteroatoms. The molecular formula is C42H46ClN3O6. The van der Waals surface area contributed by atoms with Crippen molar-refractivity contribution in [2.45, 2.75) is 84.3 Å². The van der Waals surface area contributed by atoms with Gasteiger partial charge in [-0.1, -0.05) is 48.0 Å². The predicted octanol–water partition coefficient (Wildman–Crippen LogP) is 8.42. The van der Waals surface area contributed by atoms with E-state index in [2.05, 4.69) is 36.5 Å². The van der Waals surface area contributed by atoms with Crippen molar-refractivity contribution in [1.82, 2.24) is 15.3 Å². The number of nitrogens with one attached hydrogen (secondary N) is 1. The number of methoxy groups -OCH3 is 2. The number of carbonyl (C=O) groups is 2. The molecule has 0 saturated heterocycles. The Morgan fingerprint density at radius 3 is 2.40 bits per heavy atom. The molecule has 0 spiro atoms. The number of pyridine rings is 2. The molecule has 0 aliphatic heterocycles. The van der Waals surface area contributed by atoms with Gasteiger partial charge in [-0.25, -0.2) is 4.98 Å². The number of benzene rings is 2. The highest BCUT2D eigenvalue weighted by atomic mass is 35.5. The van der Waals surface area contributed by atoms with Crippen LogP contribution >= 0.6 is 11.6 Å². The van der Waals surface area contributed by atoms with Crippen molar-refractivity contribution >= 4 is 23.4 Å². The maximum Gasteiger partial charge on any atom is 0.309 e. The van der Waals surface area contributed by atoms with E-state index >= 15 is 0 Å². The van der Waals surface area contributed by atoms with E-state index in [1.807, 2.05) is 31.2 Å². The largest absolute Gasteiger partial charge is 0.481 e. The molecule has 4 aromatic rings. The monoisotopic (exact) mass is 723 g/mol. The van der Waals surface area contributed by atoms with Crippen LogP contribution in [0.2, 0.25) is 5.02 Å². The molecule has 2 heterocycles.